The molecule has 1 aromatic carbocycles. The van der Waals surface area contributed by atoms with Crippen molar-refractivity contribution in [3.8, 4) is 0 Å². The highest BCUT2D eigenvalue weighted by Gasteiger charge is 2.14. The summed E-state index contributed by atoms with van der Waals surface area (Å²) in [7, 11) is -3.34. The van der Waals surface area contributed by atoms with Crippen LogP contribution in [0.15, 0.2) is 56.1 Å². The van der Waals surface area contributed by atoms with Crippen LogP contribution in [-0.2, 0) is 9.84 Å². The summed E-state index contributed by atoms with van der Waals surface area (Å²) < 4.78 is 25.6. The van der Waals surface area contributed by atoms with Gasteiger partial charge in [-0.1, -0.05) is 22.0 Å². The molecule has 0 aliphatic carbocycles. The predicted molar refractivity (Wildman–Crippen MR) is 108 cm³/mol. The Labute approximate surface area is 161 Å². The van der Waals surface area contributed by atoms with Crippen LogP contribution < -0.4 is 10.6 Å². The van der Waals surface area contributed by atoms with Crippen LogP contribution in [-0.4, -0.2) is 33.2 Å². The van der Waals surface area contributed by atoms with E-state index in [4.69, 9.17) is 0 Å². The number of rotatable bonds is 7. The highest BCUT2D eigenvalue weighted by Crippen LogP contribution is 2.18. The highest BCUT2D eigenvalue weighted by atomic mass is 79.9. The van der Waals surface area contributed by atoms with Crippen LogP contribution in [0.25, 0.3) is 0 Å². The van der Waals surface area contributed by atoms with Gasteiger partial charge in [-0.2, -0.15) is 0 Å². The summed E-state index contributed by atoms with van der Waals surface area (Å²) in [6.45, 7) is 4.94. The molecule has 136 valence electrons. The maximum atomic E-state index is 12.4. The van der Waals surface area contributed by atoms with E-state index in [1.165, 1.54) is 4.88 Å². The average molecular weight is 444 g/mol. The van der Waals surface area contributed by atoms with Gasteiger partial charge < -0.3 is 10.6 Å². The maximum Gasteiger partial charge on any atom is 0.191 e. The molecular weight excluding hydrogens is 422 g/mol. The highest BCUT2D eigenvalue weighted by molar-refractivity contribution is 9.10. The molecular formula is C17H22BrN3O2S2. The van der Waals surface area contributed by atoms with E-state index in [1.54, 1.807) is 35.6 Å². The van der Waals surface area contributed by atoms with E-state index in [0.29, 0.717) is 17.4 Å². The van der Waals surface area contributed by atoms with Gasteiger partial charge in [0.1, 0.15) is 0 Å². The SMILES string of the molecule is CCNC(=NCCS(=O)(=O)c1ccc(Br)cc1)NC(C)c1cccs1. The molecule has 0 saturated heterocycles. The van der Waals surface area contributed by atoms with Crippen LogP contribution in [0.4, 0.5) is 0 Å². The maximum absolute atomic E-state index is 12.4. The number of aliphatic imine (C=N–C) groups is 1. The number of hydrogen-bond acceptors (Lipinski definition) is 4. The van der Waals surface area contributed by atoms with Crippen LogP contribution in [0.1, 0.15) is 24.8 Å². The quantitative estimate of drug-likeness (QED) is 0.506. The third-order valence-corrected chi connectivity index (χ3v) is 6.76. The van der Waals surface area contributed by atoms with Crippen molar-refractivity contribution in [2.45, 2.75) is 24.8 Å². The lowest BCUT2D eigenvalue weighted by Gasteiger charge is -2.16. The van der Waals surface area contributed by atoms with E-state index in [-0.39, 0.29) is 18.3 Å². The molecule has 25 heavy (non-hydrogen) atoms. The lowest BCUT2D eigenvalue weighted by molar-refractivity contribution is 0.595. The molecule has 0 fully saturated rings. The zero-order valence-electron chi connectivity index (χ0n) is 14.2. The van der Waals surface area contributed by atoms with E-state index >= 15 is 0 Å². The topological polar surface area (TPSA) is 70.6 Å². The summed E-state index contributed by atoms with van der Waals surface area (Å²) in [6.07, 6.45) is 0. The minimum atomic E-state index is -3.34. The Balaban J connectivity index is 1.99. The minimum absolute atomic E-state index is 0.0292. The van der Waals surface area contributed by atoms with Gasteiger partial charge >= 0.3 is 0 Å². The fourth-order valence-corrected chi connectivity index (χ4v) is 4.29. The van der Waals surface area contributed by atoms with Crippen molar-refractivity contribution in [2.24, 2.45) is 4.99 Å². The fourth-order valence-electron chi connectivity index (χ4n) is 2.17. The molecule has 0 spiro atoms. The Morgan fingerprint density at radius 3 is 2.60 bits per heavy atom. The van der Waals surface area contributed by atoms with E-state index in [0.717, 1.165) is 4.47 Å². The average Bonchev–Trinajstić information content (AvgIpc) is 3.10. The lowest BCUT2D eigenvalue weighted by Crippen LogP contribution is -2.38. The lowest BCUT2D eigenvalue weighted by atomic mass is 10.3. The molecule has 0 aliphatic rings. The fraction of sp³-hybridized carbons (Fsp3) is 0.353. The standard InChI is InChI=1S/C17H22BrN3O2S2/c1-3-19-17(21-13(2)16-5-4-11-24-16)20-10-12-25(22,23)15-8-6-14(18)7-9-15/h4-9,11,13H,3,10,12H2,1-2H3,(H2,19,20,21). The first-order valence-corrected chi connectivity index (χ1v) is 11.3. The van der Waals surface area contributed by atoms with Crippen LogP contribution in [0.2, 0.25) is 0 Å². The summed E-state index contributed by atoms with van der Waals surface area (Å²) in [6, 6.07) is 10.8. The molecule has 0 amide bonds. The monoisotopic (exact) mass is 443 g/mol. The number of thiophene rings is 1. The molecule has 0 aliphatic heterocycles. The Hall–Kier alpha value is -1.38. The first kappa shape index (κ1) is 19.9. The summed E-state index contributed by atoms with van der Waals surface area (Å²) >= 11 is 4.98. The molecule has 1 atom stereocenters. The number of sulfone groups is 1. The zero-order chi connectivity index (χ0) is 18.3. The van der Waals surface area contributed by atoms with Crippen LogP contribution in [0.5, 0.6) is 0 Å². The van der Waals surface area contributed by atoms with Crippen molar-refractivity contribution >= 4 is 43.1 Å². The number of benzene rings is 1. The second kappa shape index (κ2) is 9.35. The van der Waals surface area contributed by atoms with Gasteiger partial charge in [0.2, 0.25) is 0 Å². The van der Waals surface area contributed by atoms with Gasteiger partial charge in [-0.05, 0) is 49.6 Å². The summed E-state index contributed by atoms with van der Waals surface area (Å²) in [4.78, 5) is 5.92. The van der Waals surface area contributed by atoms with Crippen molar-refractivity contribution in [1.82, 2.24) is 10.6 Å². The minimum Gasteiger partial charge on any atom is -0.357 e. The molecule has 8 heteroatoms. The third kappa shape index (κ3) is 6.13. The second-order valence-corrected chi connectivity index (χ2v) is 9.42. The Kier molecular flexibility index (Phi) is 7.46. The first-order chi connectivity index (χ1) is 11.9. The Morgan fingerprint density at radius 1 is 1.28 bits per heavy atom. The van der Waals surface area contributed by atoms with E-state index in [9.17, 15) is 8.42 Å². The van der Waals surface area contributed by atoms with Crippen LogP contribution in [0.3, 0.4) is 0 Å². The van der Waals surface area contributed by atoms with Gasteiger partial charge in [-0.15, -0.1) is 11.3 Å². The van der Waals surface area contributed by atoms with Gasteiger partial charge in [0.15, 0.2) is 15.8 Å². The normalized spacial score (nSPS) is 13.5. The van der Waals surface area contributed by atoms with Crippen LogP contribution in [0, 0.1) is 0 Å². The van der Waals surface area contributed by atoms with Crippen molar-refractivity contribution < 1.29 is 8.42 Å². The van der Waals surface area contributed by atoms with E-state index in [1.807, 2.05) is 18.4 Å². The number of guanidine groups is 1. The number of nitrogens with zero attached hydrogens (tertiary/aromatic N) is 1. The molecule has 0 radical (unpaired) electrons. The van der Waals surface area contributed by atoms with Gasteiger partial charge in [0, 0.05) is 15.9 Å². The number of halogens is 1. The van der Waals surface area contributed by atoms with Gasteiger partial charge in [0.05, 0.1) is 23.2 Å². The van der Waals surface area contributed by atoms with E-state index < -0.39 is 9.84 Å². The Morgan fingerprint density at radius 2 is 2.00 bits per heavy atom. The molecule has 0 saturated carbocycles. The summed E-state index contributed by atoms with van der Waals surface area (Å²) in [5.74, 6) is 0.591. The van der Waals surface area contributed by atoms with Crippen molar-refractivity contribution in [3.63, 3.8) is 0 Å². The third-order valence-electron chi connectivity index (χ3n) is 3.47. The molecule has 2 N–H and O–H groups in total. The van der Waals surface area contributed by atoms with Crippen molar-refractivity contribution in [2.75, 3.05) is 18.8 Å². The Bertz CT molecular complexity index is 788. The molecule has 2 aromatic rings. The largest absolute Gasteiger partial charge is 0.357 e. The summed E-state index contributed by atoms with van der Waals surface area (Å²) in [5, 5.41) is 8.48. The molecule has 1 unspecified atom stereocenters. The zero-order valence-corrected chi connectivity index (χ0v) is 17.4. The molecule has 5 nitrogen and oxygen atoms in total. The smallest absolute Gasteiger partial charge is 0.191 e. The predicted octanol–water partition coefficient (Wildman–Crippen LogP) is 3.60. The second-order valence-electron chi connectivity index (χ2n) is 5.41. The van der Waals surface area contributed by atoms with Crippen LogP contribution >= 0.6 is 27.3 Å². The van der Waals surface area contributed by atoms with Crippen molar-refractivity contribution in [1.29, 1.82) is 0 Å². The molecule has 0 bridgehead atoms. The first-order valence-electron chi connectivity index (χ1n) is 7.99. The van der Waals surface area contributed by atoms with Gasteiger partial charge in [-0.25, -0.2) is 8.42 Å². The van der Waals surface area contributed by atoms with E-state index in [2.05, 4.69) is 44.5 Å². The van der Waals surface area contributed by atoms with Crippen molar-refractivity contribution in [3.05, 3.63) is 51.1 Å². The molecule has 1 heterocycles. The molecule has 2 rings (SSSR count). The molecule has 1 aromatic heterocycles. The van der Waals surface area contributed by atoms with Gasteiger partial charge in [0.25, 0.3) is 0 Å². The summed E-state index contributed by atoms with van der Waals surface area (Å²) in [5.41, 5.74) is 0. The van der Waals surface area contributed by atoms with Gasteiger partial charge in [-0.3, -0.25) is 4.99 Å². The number of nitrogens with one attached hydrogen (secondary N) is 2. The number of hydrogen-bond donors (Lipinski definition) is 2.